The summed E-state index contributed by atoms with van der Waals surface area (Å²) in [5, 5.41) is -0.540. The Morgan fingerprint density at radius 3 is 2.12 bits per heavy atom. The quantitative estimate of drug-likeness (QED) is 0.718. The Balaban J connectivity index is 1.74. The topological polar surface area (TPSA) is 71.5 Å². The smallest absolute Gasteiger partial charge is 0.223 e. The van der Waals surface area contributed by atoms with Crippen molar-refractivity contribution in [2.45, 2.75) is 27.2 Å². The van der Waals surface area contributed by atoms with E-state index in [9.17, 15) is 16.8 Å². The number of hydrogen-bond donors (Lipinski definition) is 0. The predicted octanol–water partition coefficient (Wildman–Crippen LogP) is 3.14. The number of rotatable bonds is 4. The van der Waals surface area contributed by atoms with E-state index in [-0.39, 0.29) is 17.3 Å². The van der Waals surface area contributed by atoms with Gasteiger partial charge in [0.1, 0.15) is 4.21 Å². The van der Waals surface area contributed by atoms with Gasteiger partial charge in [-0.2, -0.15) is 4.31 Å². The number of halogens is 1. The summed E-state index contributed by atoms with van der Waals surface area (Å²) in [5.41, 5.74) is 0. The zero-order valence-corrected chi connectivity index (χ0v) is 16.7. The van der Waals surface area contributed by atoms with Crippen molar-refractivity contribution < 1.29 is 16.8 Å². The summed E-state index contributed by atoms with van der Waals surface area (Å²) in [6.07, 6.45) is 0.617. The monoisotopic (exact) mass is 449 g/mol. The van der Waals surface area contributed by atoms with E-state index in [0.717, 1.165) is 15.1 Å². The SMILES string of the molecule is O=S(=O)(c1ccccc1)C1CCN(S(=O)(=O)c2ccc(Br)s2)CC1. The molecule has 2 aromatic rings. The minimum atomic E-state index is -3.55. The molecular formula is C15H16BrNO4S3. The molecule has 0 amide bonds. The third-order valence-electron chi connectivity index (χ3n) is 4.05. The highest BCUT2D eigenvalue weighted by molar-refractivity contribution is 9.11. The molecule has 0 aliphatic carbocycles. The normalized spacial score (nSPS) is 17.9. The van der Waals surface area contributed by atoms with Crippen molar-refractivity contribution in [3.8, 4) is 0 Å². The summed E-state index contributed by atoms with van der Waals surface area (Å²) in [5.74, 6) is 0. The lowest BCUT2D eigenvalue weighted by molar-refractivity contribution is 0.346. The fourth-order valence-electron chi connectivity index (χ4n) is 2.75. The average molecular weight is 450 g/mol. The minimum Gasteiger partial charge on any atom is -0.223 e. The first kappa shape index (κ1) is 18.1. The van der Waals surface area contributed by atoms with Crippen molar-refractivity contribution in [1.82, 2.24) is 4.31 Å². The molecule has 3 rings (SSSR count). The largest absolute Gasteiger partial charge is 0.252 e. The summed E-state index contributed by atoms with van der Waals surface area (Å²) < 4.78 is 52.9. The van der Waals surface area contributed by atoms with Crippen LogP contribution in [0.5, 0.6) is 0 Å². The summed E-state index contributed by atoms with van der Waals surface area (Å²) in [4.78, 5) is 0.300. The van der Waals surface area contributed by atoms with E-state index in [1.807, 2.05) is 0 Å². The lowest BCUT2D eigenvalue weighted by Gasteiger charge is -2.30. The molecule has 0 radical (unpaired) electrons. The predicted molar refractivity (Wildman–Crippen MR) is 97.4 cm³/mol. The maximum absolute atomic E-state index is 12.6. The molecule has 0 unspecified atom stereocenters. The highest BCUT2D eigenvalue weighted by Gasteiger charge is 2.36. The van der Waals surface area contributed by atoms with Gasteiger partial charge in [0.05, 0.1) is 13.9 Å². The van der Waals surface area contributed by atoms with Crippen LogP contribution in [0.25, 0.3) is 0 Å². The van der Waals surface area contributed by atoms with Gasteiger partial charge in [0.2, 0.25) is 0 Å². The van der Waals surface area contributed by atoms with E-state index in [0.29, 0.717) is 17.7 Å². The van der Waals surface area contributed by atoms with Gasteiger partial charge in [-0.1, -0.05) is 18.2 Å². The molecule has 2 heterocycles. The van der Waals surface area contributed by atoms with Crippen molar-refractivity contribution in [2.75, 3.05) is 13.1 Å². The summed E-state index contributed by atoms with van der Waals surface area (Å²) >= 11 is 4.43. The fourth-order valence-corrected chi connectivity index (χ4v) is 8.14. The molecule has 1 saturated heterocycles. The van der Waals surface area contributed by atoms with E-state index in [1.54, 1.807) is 42.5 Å². The van der Waals surface area contributed by atoms with Crippen LogP contribution in [0.2, 0.25) is 0 Å². The molecule has 0 bridgehead atoms. The number of hydrogen-bond acceptors (Lipinski definition) is 5. The van der Waals surface area contributed by atoms with Crippen molar-refractivity contribution in [3.63, 3.8) is 0 Å². The first-order valence-corrected chi connectivity index (χ1v) is 12.0. The lowest BCUT2D eigenvalue weighted by Crippen LogP contribution is -2.42. The van der Waals surface area contributed by atoms with Crippen LogP contribution in [-0.2, 0) is 19.9 Å². The van der Waals surface area contributed by atoms with Gasteiger partial charge in [-0.05, 0) is 53.0 Å². The Morgan fingerprint density at radius 1 is 0.958 bits per heavy atom. The van der Waals surface area contributed by atoms with Gasteiger partial charge in [0.15, 0.2) is 9.84 Å². The van der Waals surface area contributed by atoms with Crippen molar-refractivity contribution >= 4 is 47.1 Å². The third-order valence-corrected chi connectivity index (χ3v) is 10.3. The van der Waals surface area contributed by atoms with Gasteiger partial charge in [-0.25, -0.2) is 16.8 Å². The van der Waals surface area contributed by atoms with Gasteiger partial charge in [0, 0.05) is 13.1 Å². The molecule has 5 nitrogen and oxygen atoms in total. The summed E-state index contributed by atoms with van der Waals surface area (Å²) in [7, 11) is -6.97. The molecule has 0 atom stereocenters. The molecule has 9 heteroatoms. The van der Waals surface area contributed by atoms with E-state index < -0.39 is 25.1 Å². The maximum Gasteiger partial charge on any atom is 0.252 e. The van der Waals surface area contributed by atoms with Gasteiger partial charge in [-0.15, -0.1) is 11.3 Å². The molecular weight excluding hydrogens is 434 g/mol. The van der Waals surface area contributed by atoms with Crippen LogP contribution in [0.4, 0.5) is 0 Å². The highest BCUT2D eigenvalue weighted by Crippen LogP contribution is 2.31. The first-order chi connectivity index (χ1) is 11.3. The van der Waals surface area contributed by atoms with E-state index in [4.69, 9.17) is 0 Å². The molecule has 0 spiro atoms. The molecule has 1 aliphatic rings. The molecule has 24 heavy (non-hydrogen) atoms. The summed E-state index contributed by atoms with van der Waals surface area (Å²) in [6.45, 7) is 0.434. The van der Waals surface area contributed by atoms with Crippen LogP contribution in [0, 0.1) is 0 Å². The molecule has 0 saturated carbocycles. The highest BCUT2D eigenvalue weighted by atomic mass is 79.9. The Bertz CT molecular complexity index is 915. The second-order valence-corrected chi connectivity index (χ2v) is 12.4. The fraction of sp³-hybridized carbons (Fsp3) is 0.333. The standard InChI is InChI=1S/C15H16BrNO4S3/c16-14-6-7-15(22-14)24(20,21)17-10-8-13(9-11-17)23(18,19)12-4-2-1-3-5-12/h1-7,13H,8-11H2. The average Bonchev–Trinajstić information content (AvgIpc) is 3.03. The number of sulfone groups is 1. The Kier molecular flexibility index (Phi) is 5.17. The van der Waals surface area contributed by atoms with Gasteiger partial charge >= 0.3 is 0 Å². The van der Waals surface area contributed by atoms with Crippen LogP contribution >= 0.6 is 27.3 Å². The number of nitrogens with zero attached hydrogens (tertiary/aromatic N) is 1. The first-order valence-electron chi connectivity index (χ1n) is 7.36. The van der Waals surface area contributed by atoms with Crippen molar-refractivity contribution in [3.05, 3.63) is 46.3 Å². The summed E-state index contributed by atoms with van der Waals surface area (Å²) in [6, 6.07) is 11.6. The van der Waals surface area contributed by atoms with Crippen LogP contribution in [0.1, 0.15) is 12.8 Å². The number of thiophene rings is 1. The second-order valence-electron chi connectivity index (χ2n) is 5.52. The molecule has 0 N–H and O–H groups in total. The Labute approximate surface area is 154 Å². The van der Waals surface area contributed by atoms with Crippen LogP contribution < -0.4 is 0 Å². The van der Waals surface area contributed by atoms with Crippen LogP contribution in [0.15, 0.2) is 55.4 Å². The Hall–Kier alpha value is -0.740. The zero-order valence-electron chi connectivity index (χ0n) is 12.6. The number of benzene rings is 1. The van der Waals surface area contributed by atoms with Crippen LogP contribution in [-0.4, -0.2) is 39.5 Å². The van der Waals surface area contributed by atoms with Gasteiger partial charge in [0.25, 0.3) is 10.0 Å². The van der Waals surface area contributed by atoms with E-state index in [1.165, 1.54) is 4.31 Å². The minimum absolute atomic E-state index is 0.217. The molecule has 1 fully saturated rings. The molecule has 1 aliphatic heterocycles. The lowest BCUT2D eigenvalue weighted by atomic mass is 10.2. The molecule has 1 aromatic carbocycles. The van der Waals surface area contributed by atoms with Crippen molar-refractivity contribution in [2.24, 2.45) is 0 Å². The molecule has 130 valence electrons. The van der Waals surface area contributed by atoms with Gasteiger partial charge in [-0.3, -0.25) is 0 Å². The number of piperidine rings is 1. The maximum atomic E-state index is 12.6. The van der Waals surface area contributed by atoms with Gasteiger partial charge < -0.3 is 0 Å². The van der Waals surface area contributed by atoms with E-state index in [2.05, 4.69) is 15.9 Å². The molecule has 1 aromatic heterocycles. The van der Waals surface area contributed by atoms with Crippen LogP contribution in [0.3, 0.4) is 0 Å². The van der Waals surface area contributed by atoms with Crippen molar-refractivity contribution in [1.29, 1.82) is 0 Å². The third kappa shape index (κ3) is 3.45. The zero-order chi connectivity index (χ0) is 17.4. The second kappa shape index (κ2) is 6.87. The Morgan fingerprint density at radius 2 is 1.58 bits per heavy atom. The number of sulfonamides is 1. The van der Waals surface area contributed by atoms with E-state index >= 15 is 0 Å².